The summed E-state index contributed by atoms with van der Waals surface area (Å²) in [6.07, 6.45) is -0.709. The summed E-state index contributed by atoms with van der Waals surface area (Å²) in [6, 6.07) is -2.13. The summed E-state index contributed by atoms with van der Waals surface area (Å²) in [6.45, 7) is 2.60. The number of carbonyl (C=O) groups is 5. The van der Waals surface area contributed by atoms with Gasteiger partial charge in [-0.2, -0.15) is 0 Å². The second kappa shape index (κ2) is 11.0. The van der Waals surface area contributed by atoms with Crippen LogP contribution in [0.4, 0.5) is 0 Å². The van der Waals surface area contributed by atoms with Gasteiger partial charge in [0, 0.05) is 6.42 Å². The van der Waals surface area contributed by atoms with Gasteiger partial charge in [0.25, 0.3) is 0 Å². The highest BCUT2D eigenvalue weighted by Gasteiger charge is 2.21. The Labute approximate surface area is 144 Å². The van der Waals surface area contributed by atoms with Crippen LogP contribution in [0.15, 0.2) is 0 Å². The summed E-state index contributed by atoms with van der Waals surface area (Å²) < 4.78 is 0. The lowest BCUT2D eigenvalue weighted by Crippen LogP contribution is -2.49. The fourth-order valence-corrected chi connectivity index (χ4v) is 1.60. The van der Waals surface area contributed by atoms with Gasteiger partial charge in [-0.15, -0.1) is 0 Å². The first-order chi connectivity index (χ1) is 11.5. The van der Waals surface area contributed by atoms with Crippen molar-refractivity contribution in [3.05, 3.63) is 0 Å². The number of nitrogens with two attached hydrogens (primary N) is 1. The second-order valence-corrected chi connectivity index (χ2v) is 5.66. The van der Waals surface area contributed by atoms with Crippen LogP contribution in [0.5, 0.6) is 0 Å². The lowest BCUT2D eigenvalue weighted by atomic mass is 10.1. The molecule has 0 heterocycles. The van der Waals surface area contributed by atoms with Gasteiger partial charge in [0.1, 0.15) is 6.04 Å². The standard InChI is InChI=1S/C14H24N4O7/c1-7(2)12(15)13(23)17-5-9(19)16-6-10(20)18-8(14(24)25)3-4-11(21)22/h7-8,12H,3-6,15H2,1-2H3,(H,16,19)(H,17,23)(H,18,20)(H,21,22)(H,24,25)/t8-,12-/m0/s1. The topological polar surface area (TPSA) is 188 Å². The van der Waals surface area contributed by atoms with E-state index in [-0.39, 0.29) is 18.9 Å². The summed E-state index contributed by atoms with van der Waals surface area (Å²) in [5.74, 6) is -4.63. The summed E-state index contributed by atoms with van der Waals surface area (Å²) >= 11 is 0. The molecule has 2 atom stereocenters. The molecule has 0 aliphatic rings. The molecule has 11 heteroatoms. The Kier molecular flexibility index (Phi) is 9.79. The first-order valence-electron chi connectivity index (χ1n) is 7.58. The number of hydrogen-bond donors (Lipinski definition) is 6. The van der Waals surface area contributed by atoms with Crippen LogP contribution < -0.4 is 21.7 Å². The fourth-order valence-electron chi connectivity index (χ4n) is 1.60. The normalized spacial score (nSPS) is 12.8. The Bertz CT molecular complexity index is 521. The summed E-state index contributed by atoms with van der Waals surface area (Å²) in [7, 11) is 0. The molecular weight excluding hydrogens is 336 g/mol. The second-order valence-electron chi connectivity index (χ2n) is 5.66. The van der Waals surface area contributed by atoms with Crippen LogP contribution in [0.3, 0.4) is 0 Å². The lowest BCUT2D eigenvalue weighted by Gasteiger charge is -2.15. The van der Waals surface area contributed by atoms with E-state index in [1.165, 1.54) is 0 Å². The van der Waals surface area contributed by atoms with E-state index >= 15 is 0 Å². The largest absolute Gasteiger partial charge is 0.481 e. The molecule has 0 aromatic heterocycles. The van der Waals surface area contributed by atoms with Gasteiger partial charge in [0.2, 0.25) is 17.7 Å². The molecule has 0 saturated heterocycles. The monoisotopic (exact) mass is 360 g/mol. The van der Waals surface area contributed by atoms with Gasteiger partial charge < -0.3 is 31.9 Å². The van der Waals surface area contributed by atoms with Gasteiger partial charge in [-0.05, 0) is 12.3 Å². The highest BCUT2D eigenvalue weighted by molar-refractivity contribution is 5.90. The number of rotatable bonds is 11. The Hall–Kier alpha value is -2.69. The maximum absolute atomic E-state index is 11.6. The maximum Gasteiger partial charge on any atom is 0.326 e. The van der Waals surface area contributed by atoms with E-state index in [1.54, 1.807) is 13.8 Å². The fraction of sp³-hybridized carbons (Fsp3) is 0.643. The van der Waals surface area contributed by atoms with E-state index in [2.05, 4.69) is 16.0 Å². The van der Waals surface area contributed by atoms with E-state index < -0.39 is 54.7 Å². The molecule has 0 rings (SSSR count). The first kappa shape index (κ1) is 22.3. The Morgan fingerprint density at radius 3 is 2.00 bits per heavy atom. The molecule has 7 N–H and O–H groups in total. The van der Waals surface area contributed by atoms with Crippen molar-refractivity contribution >= 4 is 29.7 Å². The van der Waals surface area contributed by atoms with Gasteiger partial charge in [-0.1, -0.05) is 13.8 Å². The maximum atomic E-state index is 11.6. The van der Waals surface area contributed by atoms with Gasteiger partial charge in [-0.25, -0.2) is 4.79 Å². The van der Waals surface area contributed by atoms with E-state index in [0.717, 1.165) is 0 Å². The minimum atomic E-state index is -1.38. The van der Waals surface area contributed by atoms with Crippen LogP contribution >= 0.6 is 0 Å². The van der Waals surface area contributed by atoms with Gasteiger partial charge in [0.15, 0.2) is 0 Å². The van der Waals surface area contributed by atoms with Crippen LogP contribution in [-0.2, 0) is 24.0 Å². The molecule has 0 aliphatic carbocycles. The van der Waals surface area contributed by atoms with Crippen molar-refractivity contribution < 1.29 is 34.2 Å². The zero-order valence-corrected chi connectivity index (χ0v) is 14.1. The first-order valence-corrected chi connectivity index (χ1v) is 7.58. The van der Waals surface area contributed by atoms with E-state index in [9.17, 15) is 24.0 Å². The number of nitrogens with one attached hydrogen (secondary N) is 3. The highest BCUT2D eigenvalue weighted by Crippen LogP contribution is 1.98. The van der Waals surface area contributed by atoms with Crippen LogP contribution in [-0.4, -0.2) is 65.0 Å². The molecule has 25 heavy (non-hydrogen) atoms. The molecule has 0 bridgehead atoms. The molecule has 0 aromatic carbocycles. The van der Waals surface area contributed by atoms with Crippen molar-refractivity contribution in [2.45, 2.75) is 38.8 Å². The quantitative estimate of drug-likeness (QED) is 0.236. The summed E-state index contributed by atoms with van der Waals surface area (Å²) in [5.41, 5.74) is 5.60. The third-order valence-corrected chi connectivity index (χ3v) is 3.17. The SMILES string of the molecule is CC(C)[C@H](N)C(=O)NCC(=O)NCC(=O)N[C@@H](CCC(=O)O)C(=O)O. The highest BCUT2D eigenvalue weighted by atomic mass is 16.4. The van der Waals surface area contributed by atoms with Crippen molar-refractivity contribution in [2.24, 2.45) is 11.7 Å². The molecule has 142 valence electrons. The molecule has 0 aromatic rings. The Balaban J connectivity index is 4.22. The smallest absolute Gasteiger partial charge is 0.326 e. The molecule has 3 amide bonds. The zero-order valence-electron chi connectivity index (χ0n) is 14.1. The van der Waals surface area contributed by atoms with Crippen molar-refractivity contribution in [3.8, 4) is 0 Å². The predicted molar refractivity (Wildman–Crippen MR) is 85.3 cm³/mol. The minimum Gasteiger partial charge on any atom is -0.481 e. The van der Waals surface area contributed by atoms with Crippen LogP contribution in [0.2, 0.25) is 0 Å². The van der Waals surface area contributed by atoms with Gasteiger partial charge in [-0.3, -0.25) is 19.2 Å². The lowest BCUT2D eigenvalue weighted by molar-refractivity contribution is -0.143. The predicted octanol–water partition coefficient (Wildman–Crippen LogP) is -2.36. The summed E-state index contributed by atoms with van der Waals surface area (Å²) in [4.78, 5) is 56.1. The Morgan fingerprint density at radius 2 is 1.52 bits per heavy atom. The van der Waals surface area contributed by atoms with Crippen molar-refractivity contribution in [3.63, 3.8) is 0 Å². The molecule has 0 unspecified atom stereocenters. The van der Waals surface area contributed by atoms with E-state index in [1.807, 2.05) is 0 Å². The van der Waals surface area contributed by atoms with Gasteiger partial charge in [0.05, 0.1) is 19.1 Å². The average Bonchev–Trinajstić information content (AvgIpc) is 2.52. The van der Waals surface area contributed by atoms with E-state index in [0.29, 0.717) is 0 Å². The number of carbonyl (C=O) groups excluding carboxylic acids is 3. The molecule has 0 spiro atoms. The number of aliphatic carboxylic acids is 2. The summed E-state index contributed by atoms with van der Waals surface area (Å²) in [5, 5.41) is 24.0. The molecule has 0 fully saturated rings. The molecule has 11 nitrogen and oxygen atoms in total. The van der Waals surface area contributed by atoms with Crippen molar-refractivity contribution in [2.75, 3.05) is 13.1 Å². The number of carboxylic acid groups (broad SMARTS) is 2. The van der Waals surface area contributed by atoms with Crippen molar-refractivity contribution in [1.82, 2.24) is 16.0 Å². The number of carboxylic acids is 2. The van der Waals surface area contributed by atoms with Gasteiger partial charge >= 0.3 is 11.9 Å². The number of hydrogen-bond acceptors (Lipinski definition) is 6. The van der Waals surface area contributed by atoms with Crippen LogP contribution in [0.1, 0.15) is 26.7 Å². The Morgan fingerprint density at radius 1 is 0.960 bits per heavy atom. The van der Waals surface area contributed by atoms with E-state index in [4.69, 9.17) is 15.9 Å². The third-order valence-electron chi connectivity index (χ3n) is 3.17. The molecular formula is C14H24N4O7. The van der Waals surface area contributed by atoms with Crippen molar-refractivity contribution in [1.29, 1.82) is 0 Å². The average molecular weight is 360 g/mol. The molecule has 0 radical (unpaired) electrons. The zero-order chi connectivity index (χ0) is 19.6. The number of amides is 3. The van der Waals surface area contributed by atoms with Crippen LogP contribution in [0, 0.1) is 5.92 Å². The minimum absolute atomic E-state index is 0.104. The molecule has 0 aliphatic heterocycles. The molecule has 0 saturated carbocycles. The third kappa shape index (κ3) is 9.91. The van der Waals surface area contributed by atoms with Crippen LogP contribution in [0.25, 0.3) is 0 Å².